The zero-order chi connectivity index (χ0) is 8.43. The van der Waals surface area contributed by atoms with Crippen molar-refractivity contribution in [3.63, 3.8) is 0 Å². The molecule has 60 valence electrons. The van der Waals surface area contributed by atoms with Gasteiger partial charge in [0.2, 0.25) is 0 Å². The lowest BCUT2D eigenvalue weighted by atomic mass is 10.3. The molecule has 0 aromatic heterocycles. The van der Waals surface area contributed by atoms with Crippen molar-refractivity contribution in [2.24, 2.45) is 0 Å². The third-order valence-corrected chi connectivity index (χ3v) is 3.46. The summed E-state index contributed by atoms with van der Waals surface area (Å²) in [5.41, 5.74) is 0. The first kappa shape index (κ1) is 9.22. The average molecular weight is 305 g/mol. The first-order chi connectivity index (χ1) is 5.15. The van der Waals surface area contributed by atoms with Crippen LogP contribution in [0.25, 0.3) is 0 Å². The molecule has 0 atom stereocenters. The van der Waals surface area contributed by atoms with Crippen molar-refractivity contribution >= 4 is 44.4 Å². The molecule has 0 unspecified atom stereocenters. The van der Waals surface area contributed by atoms with E-state index in [4.69, 9.17) is 28.3 Å². The fraction of sp³-hybridized carbons (Fsp3) is 0. The summed E-state index contributed by atoms with van der Waals surface area (Å²) in [5, 5.41) is 9.73. The van der Waals surface area contributed by atoms with Gasteiger partial charge in [0.05, 0.1) is 5.02 Å². The number of phenols is 1. The van der Waals surface area contributed by atoms with Crippen molar-refractivity contribution in [2.75, 3.05) is 0 Å². The van der Waals surface area contributed by atoms with Gasteiger partial charge in [0, 0.05) is 5.02 Å². The summed E-state index contributed by atoms with van der Waals surface area (Å²) in [6.45, 7) is 0. The first-order valence-corrected chi connectivity index (χ1v) is 5.32. The van der Waals surface area contributed by atoms with Crippen molar-refractivity contribution in [1.29, 1.82) is 0 Å². The van der Waals surface area contributed by atoms with Crippen molar-refractivity contribution in [2.45, 2.75) is 0 Å². The van der Waals surface area contributed by atoms with Gasteiger partial charge >= 0.3 is 0 Å². The lowest BCUT2D eigenvalue weighted by molar-refractivity contribution is 0.471. The summed E-state index contributed by atoms with van der Waals surface area (Å²) in [6.07, 6.45) is 0. The molecule has 0 aliphatic rings. The highest BCUT2D eigenvalue weighted by molar-refractivity contribution is 14.1. The monoisotopic (exact) mass is 304 g/mol. The minimum absolute atomic E-state index is 0.0923. The highest BCUT2D eigenvalue weighted by Crippen LogP contribution is 2.32. The van der Waals surface area contributed by atoms with Crippen molar-refractivity contribution in [3.8, 4) is 5.75 Å². The maximum absolute atomic E-state index is 10.5. The average Bonchev–Trinajstić information content (AvgIpc) is 1.85. The minimum Gasteiger partial charge on any atom is -0.507 e. The molecule has 1 N–H and O–H groups in total. The topological polar surface area (TPSA) is 37.3 Å². The molecule has 0 radical (unpaired) electrons. The van der Waals surface area contributed by atoms with Gasteiger partial charge in [-0.3, -0.25) is 3.07 Å². The smallest absolute Gasteiger partial charge is 0.187 e. The second-order valence-corrected chi connectivity index (χ2v) is 4.16. The molecule has 0 saturated heterocycles. The summed E-state index contributed by atoms with van der Waals surface area (Å²) in [5.74, 6) is -0.0923. The standard InChI is InChI=1S/C6H3Cl2IO2/c7-3-1-4(8)6(9-11)5(10)2-3/h1-2,10H. The van der Waals surface area contributed by atoms with Crippen molar-refractivity contribution in [1.82, 2.24) is 0 Å². The second-order valence-electron chi connectivity index (χ2n) is 1.80. The molecular weight excluding hydrogens is 302 g/mol. The molecule has 0 aliphatic carbocycles. The minimum atomic E-state index is -1.44. The van der Waals surface area contributed by atoms with Crippen LogP contribution in [-0.2, 0) is 3.07 Å². The third-order valence-electron chi connectivity index (χ3n) is 1.05. The molecule has 0 bridgehead atoms. The van der Waals surface area contributed by atoms with Gasteiger partial charge in [-0.25, -0.2) is 0 Å². The Kier molecular flexibility index (Phi) is 3.09. The largest absolute Gasteiger partial charge is 0.507 e. The fourth-order valence-electron chi connectivity index (χ4n) is 0.619. The molecule has 0 saturated carbocycles. The van der Waals surface area contributed by atoms with Gasteiger partial charge in [0.1, 0.15) is 9.32 Å². The van der Waals surface area contributed by atoms with Crippen LogP contribution in [0.1, 0.15) is 0 Å². The SMILES string of the molecule is O=Ic1c(O)cc(Cl)cc1Cl. The molecule has 0 spiro atoms. The van der Waals surface area contributed by atoms with Gasteiger partial charge in [-0.15, -0.1) is 0 Å². The van der Waals surface area contributed by atoms with Crippen LogP contribution in [0.15, 0.2) is 12.1 Å². The van der Waals surface area contributed by atoms with Crippen molar-refractivity contribution in [3.05, 3.63) is 25.7 Å². The van der Waals surface area contributed by atoms with Crippen LogP contribution in [0.3, 0.4) is 0 Å². The molecule has 0 amide bonds. The summed E-state index contributed by atoms with van der Waals surface area (Å²) >= 11 is 9.73. The van der Waals surface area contributed by atoms with E-state index in [1.807, 2.05) is 0 Å². The van der Waals surface area contributed by atoms with E-state index in [1.54, 1.807) is 0 Å². The van der Waals surface area contributed by atoms with Gasteiger partial charge < -0.3 is 5.11 Å². The molecule has 0 fully saturated rings. The van der Waals surface area contributed by atoms with Crippen LogP contribution in [-0.4, -0.2) is 5.11 Å². The van der Waals surface area contributed by atoms with E-state index in [9.17, 15) is 3.07 Å². The maximum Gasteiger partial charge on any atom is 0.187 e. The highest BCUT2D eigenvalue weighted by atomic mass is 127. The molecule has 1 rings (SSSR count). The van der Waals surface area contributed by atoms with Gasteiger partial charge in [0.25, 0.3) is 0 Å². The quantitative estimate of drug-likeness (QED) is 0.639. The summed E-state index contributed by atoms with van der Waals surface area (Å²) in [6, 6.07) is 2.77. The van der Waals surface area contributed by atoms with Crippen LogP contribution in [0.2, 0.25) is 10.0 Å². The van der Waals surface area contributed by atoms with E-state index in [1.165, 1.54) is 12.1 Å². The van der Waals surface area contributed by atoms with E-state index in [0.29, 0.717) is 8.59 Å². The van der Waals surface area contributed by atoms with E-state index >= 15 is 0 Å². The van der Waals surface area contributed by atoms with Crippen LogP contribution >= 0.6 is 44.4 Å². The number of hydrogen-bond acceptors (Lipinski definition) is 2. The van der Waals surface area contributed by atoms with Gasteiger partial charge in [0.15, 0.2) is 21.2 Å². The first-order valence-electron chi connectivity index (χ1n) is 2.60. The Morgan fingerprint density at radius 1 is 1.36 bits per heavy atom. The third kappa shape index (κ3) is 2.04. The van der Waals surface area contributed by atoms with Gasteiger partial charge in [-0.1, -0.05) is 23.2 Å². The molecular formula is C6H3Cl2IO2. The van der Waals surface area contributed by atoms with Gasteiger partial charge in [-0.2, -0.15) is 0 Å². The molecule has 1 aromatic rings. The number of hydrogen-bond donors (Lipinski definition) is 1. The van der Waals surface area contributed by atoms with E-state index in [-0.39, 0.29) is 10.8 Å². The Morgan fingerprint density at radius 3 is 2.45 bits per heavy atom. The van der Waals surface area contributed by atoms with Crippen LogP contribution < -0.4 is 0 Å². The number of benzene rings is 1. The normalized spacial score (nSPS) is 10.0. The molecule has 0 heterocycles. The second kappa shape index (κ2) is 3.69. The Hall–Kier alpha value is 0.130. The molecule has 0 aliphatic heterocycles. The van der Waals surface area contributed by atoms with Crippen molar-refractivity contribution < 1.29 is 8.18 Å². The van der Waals surface area contributed by atoms with Gasteiger partial charge in [-0.05, 0) is 12.1 Å². The molecule has 2 nitrogen and oxygen atoms in total. The summed E-state index contributed by atoms with van der Waals surface area (Å²) < 4.78 is 10.8. The predicted octanol–water partition coefficient (Wildman–Crippen LogP) is 3.18. The number of aromatic hydroxyl groups is 1. The van der Waals surface area contributed by atoms with Crippen LogP contribution in [0, 0.1) is 3.57 Å². The molecule has 11 heavy (non-hydrogen) atoms. The van der Waals surface area contributed by atoms with Crippen LogP contribution in [0.5, 0.6) is 5.75 Å². The zero-order valence-corrected chi connectivity index (χ0v) is 8.81. The number of rotatable bonds is 1. The Morgan fingerprint density at radius 2 is 2.00 bits per heavy atom. The number of phenolic OH excluding ortho intramolecular Hbond substituents is 1. The number of halogens is 3. The zero-order valence-electron chi connectivity index (χ0n) is 5.14. The lowest BCUT2D eigenvalue weighted by Crippen LogP contribution is -1.76. The van der Waals surface area contributed by atoms with E-state index < -0.39 is 21.2 Å². The Bertz CT molecular complexity index is 278. The fourth-order valence-corrected chi connectivity index (χ4v) is 2.04. The lowest BCUT2D eigenvalue weighted by Gasteiger charge is -1.98. The predicted molar refractivity (Wildman–Crippen MR) is 51.5 cm³/mol. The van der Waals surface area contributed by atoms with Crippen LogP contribution in [0.4, 0.5) is 0 Å². The highest BCUT2D eigenvalue weighted by Gasteiger charge is 2.07. The van der Waals surface area contributed by atoms with E-state index in [0.717, 1.165) is 0 Å². The Labute approximate surface area is 83.8 Å². The summed E-state index contributed by atoms with van der Waals surface area (Å²) in [4.78, 5) is 0. The molecule has 5 heteroatoms. The molecule has 1 aromatic carbocycles. The summed E-state index contributed by atoms with van der Waals surface area (Å²) in [7, 11) is 0. The maximum atomic E-state index is 10.5. The Balaban J connectivity index is 3.36. The van der Waals surface area contributed by atoms with E-state index in [2.05, 4.69) is 0 Å².